The summed E-state index contributed by atoms with van der Waals surface area (Å²) >= 11 is 0. The standard InChI is InChI=1S/C13H25NO5S/c1-3-5-14(6-8-20(17,18)7-4-2)12-10-19-9-11(12)13(15)16/h11-12H,3-10H2,1-2H3,(H,15,16). The number of ether oxygens (including phenoxy) is 1. The number of aliphatic carboxylic acids is 1. The van der Waals surface area contributed by atoms with Gasteiger partial charge in [-0.1, -0.05) is 13.8 Å². The molecule has 1 fully saturated rings. The molecule has 0 bridgehead atoms. The highest BCUT2D eigenvalue weighted by Crippen LogP contribution is 2.20. The van der Waals surface area contributed by atoms with Crippen molar-refractivity contribution < 1.29 is 23.1 Å². The second-order valence-corrected chi connectivity index (χ2v) is 7.54. The molecule has 1 saturated heterocycles. The molecule has 0 saturated carbocycles. The summed E-state index contributed by atoms with van der Waals surface area (Å²) in [5.74, 6) is -1.15. The molecule has 118 valence electrons. The molecule has 1 aliphatic heterocycles. The molecular weight excluding hydrogens is 282 g/mol. The van der Waals surface area contributed by atoms with E-state index in [2.05, 4.69) is 0 Å². The van der Waals surface area contributed by atoms with E-state index in [1.807, 2.05) is 18.7 Å². The summed E-state index contributed by atoms with van der Waals surface area (Å²) in [4.78, 5) is 13.2. The van der Waals surface area contributed by atoms with Gasteiger partial charge in [-0.3, -0.25) is 9.69 Å². The lowest BCUT2D eigenvalue weighted by atomic mass is 10.0. The second-order valence-electron chi connectivity index (χ2n) is 5.24. The Hall–Kier alpha value is -0.660. The van der Waals surface area contributed by atoms with E-state index in [-0.39, 0.29) is 24.2 Å². The first-order valence-electron chi connectivity index (χ1n) is 7.16. The fourth-order valence-electron chi connectivity index (χ4n) is 2.54. The van der Waals surface area contributed by atoms with Gasteiger partial charge < -0.3 is 9.84 Å². The Morgan fingerprint density at radius 1 is 1.20 bits per heavy atom. The van der Waals surface area contributed by atoms with E-state index in [4.69, 9.17) is 4.74 Å². The number of carboxylic acids is 1. The van der Waals surface area contributed by atoms with E-state index in [0.717, 1.165) is 6.42 Å². The molecule has 6 nitrogen and oxygen atoms in total. The van der Waals surface area contributed by atoms with Gasteiger partial charge in [0.25, 0.3) is 0 Å². The Bertz CT molecular complexity index is 409. The Morgan fingerprint density at radius 2 is 1.90 bits per heavy atom. The van der Waals surface area contributed by atoms with Crippen LogP contribution >= 0.6 is 0 Å². The smallest absolute Gasteiger partial charge is 0.310 e. The van der Waals surface area contributed by atoms with Crippen molar-refractivity contribution in [2.75, 3.05) is 37.8 Å². The third-order valence-corrected chi connectivity index (χ3v) is 5.39. The molecule has 1 aliphatic rings. The minimum absolute atomic E-state index is 0.0870. The fraction of sp³-hybridized carbons (Fsp3) is 0.923. The molecule has 0 amide bonds. The van der Waals surface area contributed by atoms with Crippen molar-refractivity contribution in [3.05, 3.63) is 0 Å². The molecule has 2 unspecified atom stereocenters. The average molecular weight is 307 g/mol. The molecule has 0 radical (unpaired) electrons. The lowest BCUT2D eigenvalue weighted by Crippen LogP contribution is -2.45. The summed E-state index contributed by atoms with van der Waals surface area (Å²) in [6, 6.07) is -0.218. The molecule has 0 aromatic rings. The van der Waals surface area contributed by atoms with Gasteiger partial charge in [0.05, 0.1) is 24.9 Å². The van der Waals surface area contributed by atoms with Crippen LogP contribution in [0.1, 0.15) is 26.7 Å². The van der Waals surface area contributed by atoms with Gasteiger partial charge in [-0.2, -0.15) is 0 Å². The first-order chi connectivity index (χ1) is 9.41. The molecule has 0 aliphatic carbocycles. The first-order valence-corrected chi connectivity index (χ1v) is 8.98. The van der Waals surface area contributed by atoms with Gasteiger partial charge >= 0.3 is 5.97 Å². The molecule has 0 aromatic heterocycles. The molecule has 1 N–H and O–H groups in total. The SMILES string of the molecule is CCCN(CCS(=O)(=O)CCC)C1COCC1C(=O)O. The predicted octanol–water partition coefficient (Wildman–Crippen LogP) is 0.623. The van der Waals surface area contributed by atoms with Gasteiger partial charge in [0, 0.05) is 18.3 Å². The van der Waals surface area contributed by atoms with E-state index in [0.29, 0.717) is 26.1 Å². The lowest BCUT2D eigenvalue weighted by molar-refractivity contribution is -0.143. The van der Waals surface area contributed by atoms with Crippen LogP contribution in [0.3, 0.4) is 0 Å². The summed E-state index contributed by atoms with van der Waals surface area (Å²) < 4.78 is 28.9. The van der Waals surface area contributed by atoms with Crippen LogP contribution < -0.4 is 0 Å². The van der Waals surface area contributed by atoms with E-state index in [9.17, 15) is 18.3 Å². The van der Waals surface area contributed by atoms with E-state index >= 15 is 0 Å². The second kappa shape index (κ2) is 7.95. The van der Waals surface area contributed by atoms with Crippen molar-refractivity contribution in [2.45, 2.75) is 32.7 Å². The van der Waals surface area contributed by atoms with Crippen LogP contribution in [0.15, 0.2) is 0 Å². The summed E-state index contributed by atoms with van der Waals surface area (Å²) in [5, 5.41) is 9.19. The Morgan fingerprint density at radius 3 is 2.45 bits per heavy atom. The van der Waals surface area contributed by atoms with Crippen molar-refractivity contribution in [3.63, 3.8) is 0 Å². The number of rotatable bonds is 9. The Balaban J connectivity index is 2.66. The van der Waals surface area contributed by atoms with Gasteiger partial charge in [-0.25, -0.2) is 8.42 Å². The third kappa shape index (κ3) is 5.03. The zero-order valence-electron chi connectivity index (χ0n) is 12.2. The quantitative estimate of drug-likeness (QED) is 0.672. The van der Waals surface area contributed by atoms with Crippen LogP contribution in [0, 0.1) is 5.92 Å². The Labute approximate surface area is 121 Å². The fourth-order valence-corrected chi connectivity index (χ4v) is 3.88. The monoisotopic (exact) mass is 307 g/mol. The maximum Gasteiger partial charge on any atom is 0.310 e. The number of nitrogens with zero attached hydrogens (tertiary/aromatic N) is 1. The van der Waals surface area contributed by atoms with Crippen LogP contribution in [-0.4, -0.2) is 68.2 Å². The van der Waals surface area contributed by atoms with E-state index in [1.54, 1.807) is 0 Å². The van der Waals surface area contributed by atoms with Gasteiger partial charge in [-0.15, -0.1) is 0 Å². The summed E-state index contributed by atoms with van der Waals surface area (Å²) in [6.45, 7) is 5.49. The van der Waals surface area contributed by atoms with E-state index in [1.165, 1.54) is 0 Å². The highest BCUT2D eigenvalue weighted by Gasteiger charge is 2.37. The summed E-state index contributed by atoms with van der Waals surface area (Å²) in [6.07, 6.45) is 1.47. The minimum Gasteiger partial charge on any atom is -0.481 e. The minimum atomic E-state index is -3.04. The van der Waals surface area contributed by atoms with Crippen LogP contribution in [0.4, 0.5) is 0 Å². The highest BCUT2D eigenvalue weighted by atomic mass is 32.2. The molecule has 0 aromatic carbocycles. The highest BCUT2D eigenvalue weighted by molar-refractivity contribution is 7.91. The molecule has 7 heteroatoms. The molecular formula is C13H25NO5S. The molecule has 20 heavy (non-hydrogen) atoms. The predicted molar refractivity (Wildman–Crippen MR) is 76.5 cm³/mol. The van der Waals surface area contributed by atoms with Crippen molar-refractivity contribution in [2.24, 2.45) is 5.92 Å². The van der Waals surface area contributed by atoms with Crippen LogP contribution in [0.5, 0.6) is 0 Å². The van der Waals surface area contributed by atoms with Gasteiger partial charge in [0.15, 0.2) is 9.84 Å². The van der Waals surface area contributed by atoms with Crippen molar-refractivity contribution in [1.29, 1.82) is 0 Å². The largest absolute Gasteiger partial charge is 0.481 e. The number of carbonyl (C=O) groups is 1. The van der Waals surface area contributed by atoms with Crippen LogP contribution in [0.2, 0.25) is 0 Å². The maximum absolute atomic E-state index is 11.8. The average Bonchev–Trinajstić information content (AvgIpc) is 2.83. The van der Waals surface area contributed by atoms with Crippen LogP contribution in [0.25, 0.3) is 0 Å². The normalized spacial score (nSPS) is 23.4. The van der Waals surface area contributed by atoms with Gasteiger partial charge in [0.2, 0.25) is 0 Å². The maximum atomic E-state index is 11.8. The topological polar surface area (TPSA) is 83.9 Å². The zero-order valence-corrected chi connectivity index (χ0v) is 13.1. The summed E-state index contributed by atoms with van der Waals surface area (Å²) in [5.41, 5.74) is 0. The van der Waals surface area contributed by atoms with Crippen molar-refractivity contribution in [1.82, 2.24) is 4.90 Å². The van der Waals surface area contributed by atoms with Gasteiger partial charge in [-0.05, 0) is 19.4 Å². The molecule has 1 heterocycles. The van der Waals surface area contributed by atoms with E-state index < -0.39 is 21.7 Å². The van der Waals surface area contributed by atoms with Gasteiger partial charge in [0.1, 0.15) is 0 Å². The van der Waals surface area contributed by atoms with Crippen LogP contribution in [-0.2, 0) is 19.4 Å². The zero-order chi connectivity index (χ0) is 15.2. The van der Waals surface area contributed by atoms with Crippen molar-refractivity contribution in [3.8, 4) is 0 Å². The summed E-state index contributed by atoms with van der Waals surface area (Å²) in [7, 11) is -3.04. The number of hydrogen-bond acceptors (Lipinski definition) is 5. The first kappa shape index (κ1) is 17.4. The molecule has 0 spiro atoms. The Kier molecular flexibility index (Phi) is 6.91. The number of carboxylic acid groups (broad SMARTS) is 1. The van der Waals surface area contributed by atoms with Crippen molar-refractivity contribution >= 4 is 15.8 Å². The lowest BCUT2D eigenvalue weighted by Gasteiger charge is -2.29. The molecule has 1 rings (SSSR count). The molecule has 2 atom stereocenters. The number of sulfone groups is 1. The third-order valence-electron chi connectivity index (χ3n) is 3.55. The number of hydrogen-bond donors (Lipinski definition) is 1.